The van der Waals surface area contributed by atoms with E-state index < -0.39 is 0 Å². The van der Waals surface area contributed by atoms with Gasteiger partial charge in [-0.2, -0.15) is 0 Å². The summed E-state index contributed by atoms with van der Waals surface area (Å²) in [4.78, 5) is 0. The van der Waals surface area contributed by atoms with Crippen molar-refractivity contribution in [3.63, 3.8) is 0 Å². The second-order valence-corrected chi connectivity index (χ2v) is 3.08. The fourth-order valence-electron chi connectivity index (χ4n) is 1.26. The third kappa shape index (κ3) is 1.34. The molecule has 74 valence electrons. The van der Waals surface area contributed by atoms with Crippen LogP contribution in [0.4, 0.5) is 5.82 Å². The highest BCUT2D eigenvalue weighted by molar-refractivity contribution is 5.37. The second kappa shape index (κ2) is 3.13. The van der Waals surface area contributed by atoms with Crippen molar-refractivity contribution in [3.05, 3.63) is 22.7 Å². The summed E-state index contributed by atoms with van der Waals surface area (Å²) in [5.74, 6) is 1.08. The number of nitrogen functional groups attached to an aromatic ring is 1. The number of aromatic nitrogens is 3. The van der Waals surface area contributed by atoms with E-state index in [0.29, 0.717) is 17.9 Å². The second-order valence-electron chi connectivity index (χ2n) is 3.08. The molecule has 6 nitrogen and oxygen atoms in total. The number of nitrogens with two attached hydrogens (primary N) is 1. The number of nitrogens with zero attached hydrogens (tertiary/aromatic N) is 3. The van der Waals surface area contributed by atoms with Gasteiger partial charge in [-0.05, 0) is 19.0 Å². The van der Waals surface area contributed by atoms with E-state index in [0.717, 1.165) is 17.0 Å². The van der Waals surface area contributed by atoms with Crippen LogP contribution in [0.15, 0.2) is 9.15 Å². The summed E-state index contributed by atoms with van der Waals surface area (Å²) in [5, 5.41) is 11.0. The van der Waals surface area contributed by atoms with E-state index in [9.17, 15) is 0 Å². The Bertz CT molecular complexity index is 426. The van der Waals surface area contributed by atoms with Gasteiger partial charge in [0.1, 0.15) is 11.5 Å². The first-order valence-electron chi connectivity index (χ1n) is 4.17. The third-order valence-corrected chi connectivity index (χ3v) is 2.11. The minimum Gasteiger partial charge on any atom is -0.379 e. The average Bonchev–Trinajstić information content (AvgIpc) is 2.67. The summed E-state index contributed by atoms with van der Waals surface area (Å²) in [6.07, 6.45) is 0.538. The summed E-state index contributed by atoms with van der Waals surface area (Å²) in [6, 6.07) is 0. The van der Waals surface area contributed by atoms with Gasteiger partial charge in [0.15, 0.2) is 5.82 Å². The van der Waals surface area contributed by atoms with Crippen LogP contribution in [0.1, 0.15) is 22.7 Å². The number of anilines is 1. The Morgan fingerprint density at radius 2 is 2.00 bits per heavy atom. The van der Waals surface area contributed by atoms with E-state index in [4.69, 9.17) is 10.3 Å². The Morgan fingerprint density at radius 3 is 2.50 bits per heavy atom. The maximum Gasteiger partial charge on any atom is 0.191 e. The van der Waals surface area contributed by atoms with Crippen molar-refractivity contribution >= 4 is 5.82 Å². The van der Waals surface area contributed by atoms with E-state index in [1.165, 1.54) is 0 Å². The van der Waals surface area contributed by atoms with Crippen LogP contribution < -0.4 is 5.73 Å². The van der Waals surface area contributed by atoms with E-state index in [2.05, 4.69) is 20.1 Å². The van der Waals surface area contributed by atoms with Crippen LogP contribution in [0.3, 0.4) is 0 Å². The average molecular weight is 194 g/mol. The Balaban J connectivity index is 2.31. The highest BCUT2D eigenvalue weighted by atomic mass is 16.6. The normalized spacial score (nSPS) is 10.7. The highest BCUT2D eigenvalue weighted by Crippen LogP contribution is 2.18. The maximum absolute atomic E-state index is 5.54. The predicted molar refractivity (Wildman–Crippen MR) is 47.5 cm³/mol. The molecule has 2 aromatic rings. The number of aryl methyl sites for hydroxylation is 2. The van der Waals surface area contributed by atoms with Crippen molar-refractivity contribution < 1.29 is 9.15 Å². The Labute approximate surface area is 80.0 Å². The largest absolute Gasteiger partial charge is 0.379 e. The molecule has 0 spiro atoms. The molecule has 0 unspecified atom stereocenters. The van der Waals surface area contributed by atoms with Gasteiger partial charge in [0.25, 0.3) is 0 Å². The topological polar surface area (TPSA) is 91.0 Å². The molecule has 0 aromatic carbocycles. The molecule has 0 aliphatic carbocycles. The molecule has 0 saturated carbocycles. The standard InChI is InChI=1S/C8H10N4O2/c1-4-6(5(2)13-10-4)3-7-8(9)12-14-11-7/h3H2,1-2H3,(H2,9,12). The number of hydrogen-bond donors (Lipinski definition) is 1. The Kier molecular flexibility index (Phi) is 1.95. The molecule has 0 atom stereocenters. The van der Waals surface area contributed by atoms with Crippen molar-refractivity contribution in [1.29, 1.82) is 0 Å². The molecule has 0 aliphatic heterocycles. The van der Waals surface area contributed by atoms with E-state index in [1.807, 2.05) is 13.8 Å². The SMILES string of the molecule is Cc1noc(C)c1Cc1nonc1N. The molecule has 0 aliphatic rings. The van der Waals surface area contributed by atoms with Crippen LogP contribution >= 0.6 is 0 Å². The van der Waals surface area contributed by atoms with Crippen LogP contribution in [0.5, 0.6) is 0 Å². The molecule has 0 radical (unpaired) electrons. The highest BCUT2D eigenvalue weighted by Gasteiger charge is 2.14. The monoisotopic (exact) mass is 194 g/mol. The lowest BCUT2D eigenvalue weighted by atomic mass is 10.1. The molecule has 14 heavy (non-hydrogen) atoms. The van der Waals surface area contributed by atoms with Crippen LogP contribution in [0.25, 0.3) is 0 Å². The first-order valence-corrected chi connectivity index (χ1v) is 4.17. The lowest BCUT2D eigenvalue weighted by molar-refractivity contribution is 0.305. The summed E-state index contributed by atoms with van der Waals surface area (Å²) in [5.41, 5.74) is 7.97. The van der Waals surface area contributed by atoms with Crippen molar-refractivity contribution in [3.8, 4) is 0 Å². The zero-order valence-corrected chi connectivity index (χ0v) is 7.94. The molecule has 2 heterocycles. The summed E-state index contributed by atoms with van der Waals surface area (Å²) >= 11 is 0. The minimum absolute atomic E-state index is 0.310. The minimum atomic E-state index is 0.310. The zero-order chi connectivity index (χ0) is 10.1. The molecular weight excluding hydrogens is 184 g/mol. The zero-order valence-electron chi connectivity index (χ0n) is 7.94. The van der Waals surface area contributed by atoms with Crippen molar-refractivity contribution in [2.24, 2.45) is 0 Å². The van der Waals surface area contributed by atoms with Crippen LogP contribution in [0.2, 0.25) is 0 Å². The maximum atomic E-state index is 5.54. The van der Waals surface area contributed by atoms with Gasteiger partial charge >= 0.3 is 0 Å². The fourth-order valence-corrected chi connectivity index (χ4v) is 1.26. The van der Waals surface area contributed by atoms with Crippen LogP contribution in [-0.2, 0) is 6.42 Å². The van der Waals surface area contributed by atoms with Gasteiger partial charge in [0.2, 0.25) is 0 Å². The molecule has 2 N–H and O–H groups in total. The van der Waals surface area contributed by atoms with Crippen LogP contribution in [0, 0.1) is 13.8 Å². The molecular formula is C8H10N4O2. The van der Waals surface area contributed by atoms with Gasteiger partial charge in [0.05, 0.1) is 5.69 Å². The van der Waals surface area contributed by atoms with Crippen molar-refractivity contribution in [1.82, 2.24) is 15.5 Å². The van der Waals surface area contributed by atoms with E-state index in [-0.39, 0.29) is 0 Å². The first kappa shape index (κ1) is 8.74. The number of rotatable bonds is 2. The predicted octanol–water partition coefficient (Wildman–Crippen LogP) is 0.847. The molecule has 6 heteroatoms. The Morgan fingerprint density at radius 1 is 1.21 bits per heavy atom. The van der Waals surface area contributed by atoms with Gasteiger partial charge in [0, 0.05) is 12.0 Å². The third-order valence-electron chi connectivity index (χ3n) is 2.11. The molecule has 0 bridgehead atoms. The van der Waals surface area contributed by atoms with Crippen molar-refractivity contribution in [2.45, 2.75) is 20.3 Å². The number of hydrogen-bond acceptors (Lipinski definition) is 6. The van der Waals surface area contributed by atoms with Gasteiger partial charge in [-0.25, -0.2) is 4.63 Å². The first-order chi connectivity index (χ1) is 6.68. The summed E-state index contributed by atoms with van der Waals surface area (Å²) < 4.78 is 9.51. The van der Waals surface area contributed by atoms with Gasteiger partial charge in [-0.15, -0.1) is 0 Å². The molecule has 0 amide bonds. The molecule has 2 aromatic heterocycles. The van der Waals surface area contributed by atoms with Crippen LogP contribution in [-0.4, -0.2) is 15.5 Å². The fraction of sp³-hybridized carbons (Fsp3) is 0.375. The lowest BCUT2D eigenvalue weighted by Gasteiger charge is -1.94. The summed E-state index contributed by atoms with van der Waals surface area (Å²) in [6.45, 7) is 3.72. The van der Waals surface area contributed by atoms with E-state index in [1.54, 1.807) is 0 Å². The van der Waals surface area contributed by atoms with Gasteiger partial charge in [-0.3, -0.25) is 0 Å². The van der Waals surface area contributed by atoms with E-state index >= 15 is 0 Å². The van der Waals surface area contributed by atoms with Crippen molar-refractivity contribution in [2.75, 3.05) is 5.73 Å². The molecule has 2 rings (SSSR count). The van der Waals surface area contributed by atoms with Gasteiger partial charge < -0.3 is 10.3 Å². The molecule has 0 saturated heterocycles. The summed E-state index contributed by atoms with van der Waals surface area (Å²) in [7, 11) is 0. The quantitative estimate of drug-likeness (QED) is 0.761. The molecule has 0 fully saturated rings. The lowest BCUT2D eigenvalue weighted by Crippen LogP contribution is -1.96. The smallest absolute Gasteiger partial charge is 0.191 e. The Hall–Kier alpha value is -1.85. The van der Waals surface area contributed by atoms with Gasteiger partial charge in [-0.1, -0.05) is 10.3 Å².